The van der Waals surface area contributed by atoms with Crippen molar-refractivity contribution >= 4 is 23.3 Å². The van der Waals surface area contributed by atoms with Crippen molar-refractivity contribution in [3.8, 4) is 6.07 Å². The first-order valence-corrected chi connectivity index (χ1v) is 6.57. The van der Waals surface area contributed by atoms with E-state index < -0.39 is 28.3 Å². The summed E-state index contributed by atoms with van der Waals surface area (Å²) in [5.74, 6) is -0.915. The Morgan fingerprint density at radius 1 is 1.43 bits per heavy atom. The summed E-state index contributed by atoms with van der Waals surface area (Å²) >= 11 is 5.49. The summed E-state index contributed by atoms with van der Waals surface area (Å²) in [7, 11) is 1.41. The van der Waals surface area contributed by atoms with E-state index in [0.29, 0.717) is 0 Å². The first kappa shape index (κ1) is 18.8. The number of methoxy groups -OCH3 is 1. The molecule has 0 fully saturated rings. The first-order valence-electron chi connectivity index (χ1n) is 6.19. The Morgan fingerprint density at radius 3 is 2.70 bits per heavy atom. The molecule has 0 radical (unpaired) electrons. The van der Waals surface area contributed by atoms with Crippen LogP contribution < -0.4 is 5.32 Å². The predicted molar refractivity (Wildman–Crippen MR) is 76.6 cm³/mol. The van der Waals surface area contributed by atoms with Gasteiger partial charge in [-0.1, -0.05) is 11.6 Å². The zero-order chi connectivity index (χ0) is 17.5. The Morgan fingerprint density at radius 2 is 2.13 bits per heavy atom. The van der Waals surface area contributed by atoms with Crippen LogP contribution in [0, 0.1) is 11.3 Å². The van der Waals surface area contributed by atoms with Crippen molar-refractivity contribution in [3.05, 3.63) is 40.6 Å². The Hall–Kier alpha value is -2.24. The van der Waals surface area contributed by atoms with Crippen molar-refractivity contribution in [2.24, 2.45) is 0 Å². The van der Waals surface area contributed by atoms with Crippen molar-refractivity contribution in [1.82, 2.24) is 0 Å². The number of nitrogens with zero attached hydrogens (tertiary/aromatic N) is 1. The lowest BCUT2D eigenvalue weighted by Gasteiger charge is -2.11. The van der Waals surface area contributed by atoms with Gasteiger partial charge in [0.2, 0.25) is 0 Å². The molecule has 0 atom stereocenters. The number of rotatable bonds is 6. The standard InChI is InChI=1S/C14H12ClF3N2O3/c1-22-4-5-23-13(21)9(7-19)8-20-10-2-3-12(15)11(6-10)14(16,17)18/h2-3,6,8,20H,4-5H2,1H3/b9-8+. The van der Waals surface area contributed by atoms with Crippen LogP contribution in [0.15, 0.2) is 30.0 Å². The van der Waals surface area contributed by atoms with Gasteiger partial charge in [0, 0.05) is 19.0 Å². The van der Waals surface area contributed by atoms with E-state index in [0.717, 1.165) is 18.3 Å². The number of alkyl halides is 3. The number of nitrogens with one attached hydrogen (secondary N) is 1. The maximum atomic E-state index is 12.7. The van der Waals surface area contributed by atoms with Gasteiger partial charge in [-0.15, -0.1) is 0 Å². The lowest BCUT2D eigenvalue weighted by molar-refractivity contribution is -0.140. The molecule has 0 saturated carbocycles. The van der Waals surface area contributed by atoms with Crippen LogP contribution in [0.3, 0.4) is 0 Å². The molecule has 124 valence electrons. The van der Waals surface area contributed by atoms with Gasteiger partial charge in [0.15, 0.2) is 5.57 Å². The smallest absolute Gasteiger partial charge is 0.417 e. The first-order chi connectivity index (χ1) is 10.8. The number of anilines is 1. The molecule has 0 saturated heterocycles. The molecule has 0 heterocycles. The predicted octanol–water partition coefficient (Wildman–Crippen LogP) is 3.37. The van der Waals surface area contributed by atoms with Crippen LogP contribution >= 0.6 is 11.6 Å². The van der Waals surface area contributed by atoms with Gasteiger partial charge in [-0.3, -0.25) is 0 Å². The number of hydrogen-bond acceptors (Lipinski definition) is 5. The highest BCUT2D eigenvalue weighted by Crippen LogP contribution is 2.36. The third-order valence-electron chi connectivity index (χ3n) is 2.52. The topological polar surface area (TPSA) is 71.3 Å². The van der Waals surface area contributed by atoms with Crippen LogP contribution in [0.2, 0.25) is 5.02 Å². The van der Waals surface area contributed by atoms with Crippen LogP contribution in [0.4, 0.5) is 18.9 Å². The molecule has 1 rings (SSSR count). The fourth-order valence-corrected chi connectivity index (χ4v) is 1.64. The van der Waals surface area contributed by atoms with Gasteiger partial charge >= 0.3 is 12.1 Å². The summed E-state index contributed by atoms with van der Waals surface area (Å²) in [4.78, 5) is 11.5. The number of benzene rings is 1. The van der Waals surface area contributed by atoms with Gasteiger partial charge < -0.3 is 14.8 Å². The van der Waals surface area contributed by atoms with Gasteiger partial charge in [0.1, 0.15) is 12.7 Å². The summed E-state index contributed by atoms with van der Waals surface area (Å²) in [6.07, 6.45) is -3.66. The summed E-state index contributed by atoms with van der Waals surface area (Å²) in [6, 6.07) is 4.69. The maximum Gasteiger partial charge on any atom is 0.417 e. The number of esters is 1. The van der Waals surface area contributed by atoms with E-state index in [4.69, 9.17) is 21.6 Å². The highest BCUT2D eigenvalue weighted by atomic mass is 35.5. The third kappa shape index (κ3) is 5.81. The minimum Gasteiger partial charge on any atom is -0.459 e. The van der Waals surface area contributed by atoms with E-state index in [9.17, 15) is 18.0 Å². The van der Waals surface area contributed by atoms with E-state index in [1.807, 2.05) is 0 Å². The number of nitriles is 1. The molecule has 1 N–H and O–H groups in total. The zero-order valence-electron chi connectivity index (χ0n) is 11.9. The molecule has 0 spiro atoms. The molecule has 0 aliphatic carbocycles. The summed E-state index contributed by atoms with van der Waals surface area (Å²) in [5.41, 5.74) is -1.41. The van der Waals surface area contributed by atoms with Crippen molar-refractivity contribution in [2.75, 3.05) is 25.6 Å². The average Bonchev–Trinajstić information content (AvgIpc) is 2.48. The highest BCUT2D eigenvalue weighted by molar-refractivity contribution is 6.31. The molecule has 23 heavy (non-hydrogen) atoms. The second-order valence-corrected chi connectivity index (χ2v) is 4.54. The monoisotopic (exact) mass is 348 g/mol. The molecular weight excluding hydrogens is 337 g/mol. The van der Waals surface area contributed by atoms with Crippen molar-refractivity contribution in [2.45, 2.75) is 6.18 Å². The number of carbonyl (C=O) groups excluding carboxylic acids is 1. The largest absolute Gasteiger partial charge is 0.459 e. The van der Waals surface area contributed by atoms with Crippen LogP contribution in [-0.4, -0.2) is 26.3 Å². The number of carbonyl (C=O) groups is 1. The Bertz CT molecular complexity index is 639. The lowest BCUT2D eigenvalue weighted by atomic mass is 10.2. The van der Waals surface area contributed by atoms with Crippen molar-refractivity contribution in [1.29, 1.82) is 5.26 Å². The molecule has 0 unspecified atom stereocenters. The normalized spacial score (nSPS) is 11.7. The third-order valence-corrected chi connectivity index (χ3v) is 2.85. The second kappa shape index (κ2) is 8.41. The van der Waals surface area contributed by atoms with Crippen LogP contribution in [0.25, 0.3) is 0 Å². The minimum atomic E-state index is -4.62. The second-order valence-electron chi connectivity index (χ2n) is 4.14. The molecule has 1 aromatic carbocycles. The Balaban J connectivity index is 2.86. The van der Waals surface area contributed by atoms with E-state index in [1.54, 1.807) is 6.07 Å². The summed E-state index contributed by atoms with van der Waals surface area (Å²) in [6.45, 7) is 0.109. The van der Waals surface area contributed by atoms with E-state index >= 15 is 0 Å². The van der Waals surface area contributed by atoms with Crippen LogP contribution in [0.1, 0.15) is 5.56 Å². The van der Waals surface area contributed by atoms with E-state index in [1.165, 1.54) is 13.2 Å². The molecule has 1 aromatic rings. The molecule has 0 aliphatic heterocycles. The number of hydrogen-bond donors (Lipinski definition) is 1. The van der Waals surface area contributed by atoms with Crippen molar-refractivity contribution < 1.29 is 27.4 Å². The average molecular weight is 349 g/mol. The van der Waals surface area contributed by atoms with Gasteiger partial charge in [-0.2, -0.15) is 18.4 Å². The number of ether oxygens (including phenoxy) is 2. The highest BCUT2D eigenvalue weighted by Gasteiger charge is 2.33. The van der Waals surface area contributed by atoms with E-state index in [-0.39, 0.29) is 18.9 Å². The molecular formula is C14H12ClF3N2O3. The molecule has 5 nitrogen and oxygen atoms in total. The van der Waals surface area contributed by atoms with Gasteiger partial charge in [-0.25, -0.2) is 4.79 Å². The van der Waals surface area contributed by atoms with E-state index in [2.05, 4.69) is 10.1 Å². The van der Waals surface area contributed by atoms with Gasteiger partial charge in [0.05, 0.1) is 17.2 Å². The molecule has 9 heteroatoms. The minimum absolute atomic E-state index is 0.0131. The fraction of sp³-hybridized carbons (Fsp3) is 0.286. The molecule has 0 aromatic heterocycles. The fourth-order valence-electron chi connectivity index (χ4n) is 1.42. The Kier molecular flexibility index (Phi) is 6.88. The molecule has 0 bridgehead atoms. The van der Waals surface area contributed by atoms with Crippen LogP contribution in [0.5, 0.6) is 0 Å². The SMILES string of the molecule is COCCOC(=O)/C(C#N)=C/Nc1ccc(Cl)c(C(F)(F)F)c1. The maximum absolute atomic E-state index is 12.7. The number of halogens is 4. The van der Waals surface area contributed by atoms with Gasteiger partial charge in [0.25, 0.3) is 0 Å². The summed E-state index contributed by atoms with van der Waals surface area (Å²) < 4.78 is 47.6. The molecule has 0 aliphatic rings. The lowest BCUT2D eigenvalue weighted by Crippen LogP contribution is -2.12. The van der Waals surface area contributed by atoms with Crippen molar-refractivity contribution in [3.63, 3.8) is 0 Å². The molecule has 0 amide bonds. The van der Waals surface area contributed by atoms with Gasteiger partial charge in [-0.05, 0) is 18.2 Å². The quantitative estimate of drug-likeness (QED) is 0.369. The zero-order valence-corrected chi connectivity index (χ0v) is 12.7. The summed E-state index contributed by atoms with van der Waals surface area (Å²) in [5, 5.41) is 10.8. The Labute approximate surface area is 135 Å². The van der Waals surface area contributed by atoms with Crippen LogP contribution in [-0.2, 0) is 20.4 Å².